The molecule has 0 saturated carbocycles. The predicted octanol–water partition coefficient (Wildman–Crippen LogP) is 6.61. The molecule has 1 aromatic heterocycles. The van der Waals surface area contributed by atoms with Gasteiger partial charge in [0.15, 0.2) is 16.8 Å². The van der Waals surface area contributed by atoms with Crippen LogP contribution in [0.2, 0.25) is 0 Å². The zero-order valence-corrected chi connectivity index (χ0v) is 24.5. The largest absolute Gasteiger partial charge is 0.502 e. The number of benzene rings is 1. The molecule has 0 amide bonds. The highest BCUT2D eigenvalue weighted by Gasteiger charge is 2.29. The molecule has 0 aliphatic carbocycles. The summed E-state index contributed by atoms with van der Waals surface area (Å²) in [6.07, 6.45) is 11.8. The molecule has 0 unspecified atom stereocenters. The number of fused-ring (bicyclic) bond motifs is 1. The van der Waals surface area contributed by atoms with Gasteiger partial charge in [0.25, 0.3) is 0 Å². The molecule has 0 aliphatic heterocycles. The summed E-state index contributed by atoms with van der Waals surface area (Å²) in [5.41, 5.74) is 0.338. The molecule has 212 valence electrons. The Morgan fingerprint density at radius 3 is 2.21 bits per heavy atom. The van der Waals surface area contributed by atoms with Crippen LogP contribution in [0, 0.1) is 24.7 Å². The summed E-state index contributed by atoms with van der Waals surface area (Å²) in [7, 11) is 6.34. The standard InChI is InChI=1S/C31H46O7/c1-10-13-19(2)14-11-12-15-23(34-6)22(5)30(37-9)20(3)16-17-24-21(4)28(32)27-25(35-7)18-26(36-8)29(33)31(27)38-24/h11-12,14-15,18-20,22-23,30,33H,10,13,16-17H2,1-9H3/t19-,20+,22-,23+,30+/m1/s1. The minimum Gasteiger partial charge on any atom is -0.502 e. The number of aryl methyl sites for hydroxylation is 1. The summed E-state index contributed by atoms with van der Waals surface area (Å²) < 4.78 is 28.4. The fraction of sp³-hybridized carbons (Fsp3) is 0.581. The van der Waals surface area contributed by atoms with Gasteiger partial charge in [-0.25, -0.2) is 0 Å². The quantitative estimate of drug-likeness (QED) is 0.259. The Morgan fingerprint density at radius 1 is 0.974 bits per heavy atom. The molecule has 7 heteroatoms. The first-order valence-corrected chi connectivity index (χ1v) is 13.5. The number of phenols is 1. The Balaban J connectivity index is 2.23. The molecule has 1 N–H and O–H groups in total. The average Bonchev–Trinajstić information content (AvgIpc) is 2.90. The minimum absolute atomic E-state index is 0.0713. The normalized spacial score (nSPS) is 16.1. The van der Waals surface area contributed by atoms with E-state index in [9.17, 15) is 9.90 Å². The van der Waals surface area contributed by atoms with Crippen molar-refractivity contribution in [3.8, 4) is 17.2 Å². The average molecular weight is 531 g/mol. The zero-order valence-electron chi connectivity index (χ0n) is 24.5. The summed E-state index contributed by atoms with van der Waals surface area (Å²) in [4.78, 5) is 13.2. The van der Waals surface area contributed by atoms with Gasteiger partial charge in [-0.15, -0.1) is 0 Å². The first-order chi connectivity index (χ1) is 18.1. The highest BCUT2D eigenvalue weighted by molar-refractivity contribution is 5.91. The summed E-state index contributed by atoms with van der Waals surface area (Å²) in [6.45, 7) is 10.4. The van der Waals surface area contributed by atoms with E-state index in [0.717, 1.165) is 0 Å². The third-order valence-electron chi connectivity index (χ3n) is 7.40. The predicted molar refractivity (Wildman–Crippen MR) is 153 cm³/mol. The van der Waals surface area contributed by atoms with E-state index in [1.807, 2.05) is 0 Å². The molecule has 1 heterocycles. The zero-order chi connectivity index (χ0) is 28.4. The van der Waals surface area contributed by atoms with Gasteiger partial charge in [-0.2, -0.15) is 0 Å². The molecule has 0 bridgehead atoms. The molecule has 1 aromatic carbocycles. The SMILES string of the molecule is CCC[C@@H](C)C=CC=C[C@H](OC)[C@@H](C)[C@@H](OC)[C@@H](C)CCc1oc2c(O)c(OC)cc(OC)c2c(=O)c1C. The first kappa shape index (κ1) is 31.4. The molecule has 7 nitrogen and oxygen atoms in total. The van der Waals surface area contributed by atoms with E-state index in [-0.39, 0.29) is 51.9 Å². The highest BCUT2D eigenvalue weighted by Crippen LogP contribution is 2.40. The van der Waals surface area contributed by atoms with E-state index >= 15 is 0 Å². The van der Waals surface area contributed by atoms with Gasteiger partial charge in [0.1, 0.15) is 16.9 Å². The van der Waals surface area contributed by atoms with Crippen molar-refractivity contribution in [2.24, 2.45) is 17.8 Å². The molecule has 0 radical (unpaired) electrons. The van der Waals surface area contributed by atoms with Crippen molar-refractivity contribution in [3.63, 3.8) is 0 Å². The van der Waals surface area contributed by atoms with Gasteiger partial charge in [-0.3, -0.25) is 4.79 Å². The molecule has 2 rings (SSSR count). The molecule has 5 atom stereocenters. The van der Waals surface area contributed by atoms with E-state index in [0.29, 0.717) is 35.8 Å². The van der Waals surface area contributed by atoms with Crippen LogP contribution in [0.25, 0.3) is 11.0 Å². The van der Waals surface area contributed by atoms with Crippen molar-refractivity contribution in [2.75, 3.05) is 28.4 Å². The Kier molecular flexibility index (Phi) is 12.4. The van der Waals surface area contributed by atoms with Gasteiger partial charge in [0.2, 0.25) is 5.75 Å². The summed E-state index contributed by atoms with van der Waals surface area (Å²) in [5.74, 6) is 1.59. The maximum atomic E-state index is 13.2. The van der Waals surface area contributed by atoms with Gasteiger partial charge < -0.3 is 28.5 Å². The van der Waals surface area contributed by atoms with E-state index in [1.54, 1.807) is 21.1 Å². The number of allylic oxidation sites excluding steroid dienone is 3. The second-order valence-electron chi connectivity index (χ2n) is 10.1. The second kappa shape index (κ2) is 15.0. The summed E-state index contributed by atoms with van der Waals surface area (Å²) in [6, 6.07) is 1.49. The molecule has 38 heavy (non-hydrogen) atoms. The number of hydrogen-bond donors (Lipinski definition) is 1. The van der Waals surface area contributed by atoms with E-state index in [2.05, 4.69) is 52.0 Å². The summed E-state index contributed by atoms with van der Waals surface area (Å²) >= 11 is 0. The van der Waals surface area contributed by atoms with Gasteiger partial charge in [-0.05, 0) is 31.6 Å². The Labute approximate surface area is 227 Å². The van der Waals surface area contributed by atoms with Crippen LogP contribution in [0.3, 0.4) is 0 Å². The van der Waals surface area contributed by atoms with Crippen LogP contribution in [0.4, 0.5) is 0 Å². The summed E-state index contributed by atoms with van der Waals surface area (Å²) in [5, 5.41) is 10.9. The lowest BCUT2D eigenvalue weighted by Crippen LogP contribution is -2.36. The fourth-order valence-electron chi connectivity index (χ4n) is 5.11. The number of phenolic OH excluding ortho intramolecular Hbond substituents is 1. The fourth-order valence-corrected chi connectivity index (χ4v) is 5.11. The van der Waals surface area contributed by atoms with Crippen LogP contribution in [-0.4, -0.2) is 45.8 Å². The third kappa shape index (κ3) is 7.41. The van der Waals surface area contributed by atoms with Gasteiger partial charge in [0.05, 0.1) is 26.4 Å². The Morgan fingerprint density at radius 2 is 1.63 bits per heavy atom. The van der Waals surface area contributed by atoms with Gasteiger partial charge in [0, 0.05) is 38.2 Å². The molecule has 2 aromatic rings. The lowest BCUT2D eigenvalue weighted by Gasteiger charge is -2.32. The molecule has 0 aliphatic rings. The highest BCUT2D eigenvalue weighted by atomic mass is 16.5. The van der Waals surface area contributed by atoms with E-state index in [4.69, 9.17) is 23.4 Å². The van der Waals surface area contributed by atoms with Crippen molar-refractivity contribution in [1.29, 1.82) is 0 Å². The number of ether oxygens (including phenoxy) is 4. The maximum absolute atomic E-state index is 13.2. The van der Waals surface area contributed by atoms with Crippen LogP contribution >= 0.6 is 0 Å². The monoisotopic (exact) mass is 530 g/mol. The lowest BCUT2D eigenvalue weighted by molar-refractivity contribution is -0.0343. The number of aromatic hydroxyl groups is 1. The minimum atomic E-state index is -0.230. The number of rotatable bonds is 15. The third-order valence-corrected chi connectivity index (χ3v) is 7.40. The van der Waals surface area contributed by atoms with Gasteiger partial charge in [-0.1, -0.05) is 58.4 Å². The molecular formula is C31H46O7. The van der Waals surface area contributed by atoms with Gasteiger partial charge >= 0.3 is 0 Å². The lowest BCUT2D eigenvalue weighted by atomic mass is 9.85. The van der Waals surface area contributed by atoms with E-state index < -0.39 is 0 Å². The molecule has 0 saturated heterocycles. The topological polar surface area (TPSA) is 87.4 Å². The molecule has 0 fully saturated rings. The van der Waals surface area contributed by atoms with Crippen molar-refractivity contribution in [3.05, 3.63) is 51.9 Å². The second-order valence-corrected chi connectivity index (χ2v) is 10.1. The van der Waals surface area contributed by atoms with Crippen LogP contribution in [0.5, 0.6) is 17.2 Å². The van der Waals surface area contributed by atoms with E-state index in [1.165, 1.54) is 33.1 Å². The smallest absolute Gasteiger partial charge is 0.202 e. The molecule has 0 spiro atoms. The Bertz CT molecular complexity index is 1150. The van der Waals surface area contributed by atoms with Crippen molar-refractivity contribution in [2.45, 2.75) is 72.5 Å². The van der Waals surface area contributed by atoms with Crippen LogP contribution in [0.1, 0.15) is 58.3 Å². The van der Waals surface area contributed by atoms with Crippen molar-refractivity contribution < 1.29 is 28.5 Å². The Hall–Kier alpha value is -2.77. The first-order valence-electron chi connectivity index (χ1n) is 13.5. The van der Waals surface area contributed by atoms with Crippen LogP contribution in [-0.2, 0) is 15.9 Å². The molecular weight excluding hydrogens is 484 g/mol. The number of methoxy groups -OCH3 is 4. The van der Waals surface area contributed by atoms with Crippen molar-refractivity contribution >= 4 is 11.0 Å². The van der Waals surface area contributed by atoms with Crippen LogP contribution < -0.4 is 14.9 Å². The van der Waals surface area contributed by atoms with Crippen LogP contribution in [0.15, 0.2) is 39.6 Å². The van der Waals surface area contributed by atoms with Crippen molar-refractivity contribution in [1.82, 2.24) is 0 Å². The number of hydrogen-bond acceptors (Lipinski definition) is 7. The maximum Gasteiger partial charge on any atom is 0.202 e.